The van der Waals surface area contributed by atoms with Crippen LogP contribution in [0.25, 0.3) is 0 Å². The normalized spacial score (nSPS) is 28.5. The molecule has 2 aromatic rings. The van der Waals surface area contributed by atoms with Gasteiger partial charge in [0.25, 0.3) is 5.91 Å². The average molecular weight is 467 g/mol. The quantitative estimate of drug-likeness (QED) is 0.654. The number of rotatable bonds is 6. The molecule has 3 aliphatic rings. The van der Waals surface area contributed by atoms with E-state index in [4.69, 9.17) is 16.3 Å². The van der Waals surface area contributed by atoms with Gasteiger partial charge in [0.1, 0.15) is 18.4 Å². The zero-order valence-electron chi connectivity index (χ0n) is 24.2. The molecule has 0 spiro atoms. The molecule has 0 aromatic heterocycles. The monoisotopic (exact) mass is 466 g/mol. The number of amides is 2. The summed E-state index contributed by atoms with van der Waals surface area (Å²) in [7, 11) is 1.27. The molecule has 0 unspecified atom stereocenters. The number of morpholine rings is 1. The van der Waals surface area contributed by atoms with Crippen molar-refractivity contribution in [3.8, 4) is 5.75 Å². The first-order valence-corrected chi connectivity index (χ1v) is 11.3. The van der Waals surface area contributed by atoms with Gasteiger partial charge in [-0.2, -0.15) is 0 Å². The summed E-state index contributed by atoms with van der Waals surface area (Å²) >= 11 is 0. The molecule has 0 aliphatic carbocycles. The van der Waals surface area contributed by atoms with Crippen molar-refractivity contribution >= 4 is 11.8 Å². The van der Waals surface area contributed by atoms with Crippen LogP contribution in [-0.2, 0) is 29.2 Å². The van der Waals surface area contributed by atoms with Gasteiger partial charge in [0, 0.05) is 46.2 Å². The number of carbonyl (C=O) groups is 2. The maximum absolute atomic E-state index is 13.5. The number of hydrogen-bond donors (Lipinski definition) is 0. The summed E-state index contributed by atoms with van der Waals surface area (Å²) in [5, 5.41) is 0. The van der Waals surface area contributed by atoms with E-state index in [9.17, 15) is 9.59 Å². The predicted molar refractivity (Wildman–Crippen MR) is 128 cm³/mol. The summed E-state index contributed by atoms with van der Waals surface area (Å²) in [4.78, 5) is 30.4. The maximum Gasteiger partial charge on any atom is 0.255 e. The minimum Gasteiger partial charge on any atom is -0.489 e. The second kappa shape index (κ2) is 9.60. The minimum atomic E-state index is -2.60. The molecule has 1 atom stereocenters. The zero-order chi connectivity index (χ0) is 28.2. The van der Waals surface area contributed by atoms with Crippen LogP contribution in [-0.4, -0.2) is 65.9 Å². The molecule has 0 bridgehead atoms. The van der Waals surface area contributed by atoms with Crippen LogP contribution in [0.2, 0.25) is 0 Å². The van der Waals surface area contributed by atoms with Crippen LogP contribution < -0.4 is 4.74 Å². The second-order valence-electron chi connectivity index (χ2n) is 8.54. The standard InChI is InChI=1S/C27H31N3O4/c1-19-6-11-24(27(32)28(19)2)30-17-23-22(26(30)31)4-3-5-25(23)34-18-21-9-7-20(8-10-21)16-29-12-14-33-15-13-29/h3-5,7-10,24H,1,6,11-18H2,2H3/t24-/m1/s1/i6D2,17D2,24D. The van der Waals surface area contributed by atoms with E-state index in [1.54, 1.807) is 12.1 Å². The van der Waals surface area contributed by atoms with Gasteiger partial charge >= 0.3 is 0 Å². The van der Waals surface area contributed by atoms with Gasteiger partial charge in [-0.15, -0.1) is 0 Å². The highest BCUT2D eigenvalue weighted by molar-refractivity contribution is 6.02. The van der Waals surface area contributed by atoms with Gasteiger partial charge in [0.15, 0.2) is 0 Å². The van der Waals surface area contributed by atoms with Gasteiger partial charge in [0.2, 0.25) is 5.91 Å². The summed E-state index contributed by atoms with van der Waals surface area (Å²) in [5.74, 6) is -1.67. The summed E-state index contributed by atoms with van der Waals surface area (Å²) in [6, 6.07) is 9.93. The number of carbonyl (C=O) groups excluding carboxylic acids is 2. The highest BCUT2D eigenvalue weighted by Crippen LogP contribution is 2.35. The molecule has 5 rings (SSSR count). The molecule has 7 nitrogen and oxygen atoms in total. The smallest absolute Gasteiger partial charge is 0.255 e. The topological polar surface area (TPSA) is 62.3 Å². The van der Waals surface area contributed by atoms with Crippen molar-refractivity contribution in [2.24, 2.45) is 0 Å². The number of allylic oxidation sites excluding steroid dienone is 1. The van der Waals surface area contributed by atoms with E-state index in [1.165, 1.54) is 13.1 Å². The van der Waals surface area contributed by atoms with Crippen molar-refractivity contribution in [1.82, 2.24) is 14.7 Å². The van der Waals surface area contributed by atoms with Crippen LogP contribution in [0.5, 0.6) is 5.75 Å². The van der Waals surface area contributed by atoms with Crippen molar-refractivity contribution in [2.45, 2.75) is 38.5 Å². The lowest BCUT2D eigenvalue weighted by molar-refractivity contribution is -0.135. The summed E-state index contributed by atoms with van der Waals surface area (Å²) in [5.41, 5.74) is 1.77. The number of likely N-dealkylation sites (tertiary alicyclic amines) is 1. The Morgan fingerprint density at radius 1 is 1.15 bits per heavy atom. The Bertz CT molecular complexity index is 1310. The Labute approximate surface area is 207 Å². The molecule has 0 radical (unpaired) electrons. The summed E-state index contributed by atoms with van der Waals surface area (Å²) in [6.45, 7) is 5.20. The molecule has 2 amide bonds. The number of fused-ring (bicyclic) bond motifs is 1. The molecule has 2 fully saturated rings. The van der Waals surface area contributed by atoms with Gasteiger partial charge in [-0.25, -0.2) is 0 Å². The third kappa shape index (κ3) is 4.45. The number of piperidine rings is 1. The van der Waals surface area contributed by atoms with Crippen LogP contribution in [0, 0.1) is 0 Å². The van der Waals surface area contributed by atoms with E-state index in [0.717, 1.165) is 48.9 Å². The minimum absolute atomic E-state index is 0.0228. The maximum atomic E-state index is 13.5. The van der Waals surface area contributed by atoms with Crippen molar-refractivity contribution in [3.05, 3.63) is 77.0 Å². The van der Waals surface area contributed by atoms with E-state index in [0.29, 0.717) is 4.90 Å². The van der Waals surface area contributed by atoms with Gasteiger partial charge in [-0.1, -0.05) is 36.9 Å². The second-order valence-corrected chi connectivity index (χ2v) is 8.54. The Morgan fingerprint density at radius 3 is 2.65 bits per heavy atom. The van der Waals surface area contributed by atoms with Crippen LogP contribution in [0.3, 0.4) is 0 Å². The van der Waals surface area contributed by atoms with Crippen LogP contribution >= 0.6 is 0 Å². The van der Waals surface area contributed by atoms with Crippen LogP contribution in [0.4, 0.5) is 0 Å². The number of nitrogens with zero attached hydrogens (tertiary/aromatic N) is 3. The first-order chi connectivity index (χ1) is 18.4. The zero-order valence-corrected chi connectivity index (χ0v) is 19.2. The Hall–Kier alpha value is -3.16. The van der Waals surface area contributed by atoms with E-state index < -0.39 is 37.1 Å². The average Bonchev–Trinajstić information content (AvgIpc) is 3.12. The van der Waals surface area contributed by atoms with Gasteiger partial charge in [0.05, 0.1) is 23.8 Å². The molecule has 178 valence electrons. The lowest BCUT2D eigenvalue weighted by atomic mass is 10.0. The lowest BCUT2D eigenvalue weighted by Crippen LogP contribution is -2.50. The van der Waals surface area contributed by atoms with Crippen molar-refractivity contribution in [2.75, 3.05) is 33.4 Å². The predicted octanol–water partition coefficient (Wildman–Crippen LogP) is 3.19. The Balaban J connectivity index is 1.37. The molecule has 2 saturated heterocycles. The van der Waals surface area contributed by atoms with E-state index >= 15 is 0 Å². The molecule has 34 heavy (non-hydrogen) atoms. The molecule has 7 heteroatoms. The fourth-order valence-electron chi connectivity index (χ4n) is 4.21. The third-order valence-electron chi connectivity index (χ3n) is 6.30. The fraction of sp³-hybridized carbons (Fsp3) is 0.407. The Morgan fingerprint density at radius 2 is 1.88 bits per heavy atom. The van der Waals surface area contributed by atoms with Gasteiger partial charge in [-0.3, -0.25) is 14.5 Å². The van der Waals surface area contributed by atoms with E-state index in [2.05, 4.69) is 11.5 Å². The Kier molecular flexibility index (Phi) is 4.89. The highest BCUT2D eigenvalue weighted by Gasteiger charge is 2.40. The third-order valence-corrected chi connectivity index (χ3v) is 6.30. The molecule has 0 N–H and O–H groups in total. The van der Waals surface area contributed by atoms with Crippen molar-refractivity contribution in [1.29, 1.82) is 0 Å². The summed E-state index contributed by atoms with van der Waals surface area (Å²) < 4.78 is 54.6. The largest absolute Gasteiger partial charge is 0.489 e. The molecule has 0 saturated carbocycles. The molecule has 2 aromatic carbocycles. The molecule has 3 aliphatic heterocycles. The lowest BCUT2D eigenvalue weighted by Gasteiger charge is -2.35. The SMILES string of the molecule is [2H]C1([2H])C[C@@]([2H])(N2C(=O)c3cccc(OCc4ccc(CN5CCOCC5)cc4)c3C2([2H])[2H])C(=O)N(C)C1=C. The first kappa shape index (κ1) is 17.3. The first-order valence-electron chi connectivity index (χ1n) is 13.8. The number of benzene rings is 2. The highest BCUT2D eigenvalue weighted by atomic mass is 16.5. The van der Waals surface area contributed by atoms with E-state index in [-0.39, 0.29) is 29.2 Å². The van der Waals surface area contributed by atoms with Gasteiger partial charge in [-0.05, 0) is 36.1 Å². The van der Waals surface area contributed by atoms with Crippen LogP contribution in [0.1, 0.15) is 46.7 Å². The molecular weight excluding hydrogens is 430 g/mol. The van der Waals surface area contributed by atoms with Crippen molar-refractivity contribution in [3.63, 3.8) is 0 Å². The van der Waals surface area contributed by atoms with Gasteiger partial charge < -0.3 is 19.3 Å². The number of hydrogen-bond acceptors (Lipinski definition) is 5. The fourth-order valence-corrected chi connectivity index (χ4v) is 4.21. The number of likely N-dealkylation sites (N-methyl/N-ethyl adjacent to an activating group) is 1. The summed E-state index contributed by atoms with van der Waals surface area (Å²) in [6.07, 6.45) is -2.93. The number of ether oxygens (including phenoxy) is 2. The van der Waals surface area contributed by atoms with Crippen LogP contribution in [0.15, 0.2) is 54.7 Å². The molecular formula is C27H31N3O4. The molecule has 3 heterocycles. The van der Waals surface area contributed by atoms with E-state index in [1.807, 2.05) is 24.3 Å². The van der Waals surface area contributed by atoms with Crippen molar-refractivity contribution < 1.29 is 25.9 Å².